The molecular weight excluding hydrogens is 247 g/mol. The first kappa shape index (κ1) is 12.8. The van der Waals surface area contributed by atoms with Crippen LogP contribution in [0.1, 0.15) is 11.3 Å². The number of carbonyl (C=O) groups excluding carboxylic acids is 1. The second kappa shape index (κ2) is 4.69. The maximum atomic E-state index is 12.4. The van der Waals surface area contributed by atoms with Gasteiger partial charge < -0.3 is 4.74 Å². The van der Waals surface area contributed by atoms with Crippen molar-refractivity contribution >= 4 is 17.6 Å². The minimum Gasteiger partial charge on any atom is -0.469 e. The molecule has 88 valence electrons. The molecule has 0 aliphatic rings. The highest BCUT2D eigenvalue weighted by atomic mass is 35.5. The number of methoxy groups -OCH3 is 1. The van der Waals surface area contributed by atoms with Crippen LogP contribution in [0.25, 0.3) is 0 Å². The van der Waals surface area contributed by atoms with E-state index in [2.05, 4.69) is 9.72 Å². The number of rotatable bonds is 2. The number of hydrogen-bond acceptors (Lipinski definition) is 3. The van der Waals surface area contributed by atoms with Gasteiger partial charge in [0.25, 0.3) is 0 Å². The molecule has 0 aliphatic heterocycles. The Bertz CT molecular complexity index is 406. The van der Waals surface area contributed by atoms with E-state index in [-0.39, 0.29) is 12.1 Å². The van der Waals surface area contributed by atoms with E-state index in [1.807, 2.05) is 0 Å². The molecular formula is C9H7ClF3NO2. The second-order valence-corrected chi connectivity index (χ2v) is 3.25. The first-order chi connectivity index (χ1) is 7.36. The molecule has 0 aliphatic carbocycles. The van der Waals surface area contributed by atoms with Crippen LogP contribution in [-0.4, -0.2) is 18.1 Å². The van der Waals surface area contributed by atoms with Gasteiger partial charge in [-0.25, -0.2) is 0 Å². The van der Waals surface area contributed by atoms with Crippen LogP contribution in [0.3, 0.4) is 0 Å². The minimum atomic E-state index is -4.56. The smallest absolute Gasteiger partial charge is 0.417 e. The Hall–Kier alpha value is -1.30. The molecule has 0 amide bonds. The third-order valence-corrected chi connectivity index (χ3v) is 2.23. The van der Waals surface area contributed by atoms with Crippen LogP contribution in [0.5, 0.6) is 0 Å². The van der Waals surface area contributed by atoms with Gasteiger partial charge in [-0.2, -0.15) is 13.2 Å². The van der Waals surface area contributed by atoms with Crippen LogP contribution < -0.4 is 0 Å². The predicted octanol–water partition coefficient (Wildman–Crippen LogP) is 2.47. The van der Waals surface area contributed by atoms with Crippen LogP contribution >= 0.6 is 11.6 Å². The van der Waals surface area contributed by atoms with Gasteiger partial charge in [0, 0.05) is 6.20 Å². The van der Waals surface area contributed by atoms with Crippen molar-refractivity contribution < 1.29 is 22.7 Å². The Morgan fingerprint density at radius 3 is 2.69 bits per heavy atom. The molecule has 1 aromatic heterocycles. The topological polar surface area (TPSA) is 39.2 Å². The van der Waals surface area contributed by atoms with Crippen molar-refractivity contribution in [3.8, 4) is 0 Å². The third-order valence-electron chi connectivity index (χ3n) is 1.81. The molecule has 0 N–H and O–H groups in total. The number of esters is 1. The number of carbonyl (C=O) groups is 1. The van der Waals surface area contributed by atoms with E-state index >= 15 is 0 Å². The summed E-state index contributed by atoms with van der Waals surface area (Å²) >= 11 is 5.50. The lowest BCUT2D eigenvalue weighted by atomic mass is 10.2. The quantitative estimate of drug-likeness (QED) is 0.760. The lowest BCUT2D eigenvalue weighted by molar-refractivity contribution is -0.140. The summed E-state index contributed by atoms with van der Waals surface area (Å²) < 4.78 is 41.6. The largest absolute Gasteiger partial charge is 0.469 e. The molecule has 0 aromatic carbocycles. The molecule has 3 nitrogen and oxygen atoms in total. The molecule has 0 unspecified atom stereocenters. The van der Waals surface area contributed by atoms with E-state index in [9.17, 15) is 18.0 Å². The summed E-state index contributed by atoms with van der Waals surface area (Å²) in [6.07, 6.45) is -4.00. The van der Waals surface area contributed by atoms with Crippen molar-refractivity contribution in [1.29, 1.82) is 0 Å². The van der Waals surface area contributed by atoms with E-state index in [0.29, 0.717) is 0 Å². The Labute approximate surface area is 94.2 Å². The highest BCUT2D eigenvalue weighted by Crippen LogP contribution is 2.35. The number of aromatic nitrogens is 1. The molecule has 0 spiro atoms. The molecule has 0 radical (unpaired) electrons. The van der Waals surface area contributed by atoms with E-state index < -0.39 is 22.7 Å². The molecule has 7 heteroatoms. The molecule has 0 atom stereocenters. The Kier molecular flexibility index (Phi) is 3.74. The van der Waals surface area contributed by atoms with Crippen molar-refractivity contribution in [3.05, 3.63) is 28.5 Å². The highest BCUT2D eigenvalue weighted by molar-refractivity contribution is 6.32. The molecule has 16 heavy (non-hydrogen) atoms. The van der Waals surface area contributed by atoms with E-state index in [4.69, 9.17) is 11.6 Å². The molecule has 1 aromatic rings. The standard InChI is InChI=1S/C9H7ClF3NO2/c1-16-7(15)4-6-8(10)5(2-3-14-6)9(11,12)13/h2-3H,4H2,1H3. The van der Waals surface area contributed by atoms with Gasteiger partial charge in [-0.3, -0.25) is 9.78 Å². The number of nitrogens with zero attached hydrogens (tertiary/aromatic N) is 1. The van der Waals surface area contributed by atoms with Gasteiger partial charge in [0.05, 0.1) is 29.8 Å². The summed E-state index contributed by atoms with van der Waals surface area (Å²) in [5.41, 5.74) is -1.16. The first-order valence-electron chi connectivity index (χ1n) is 4.13. The number of ether oxygens (including phenoxy) is 1. The summed E-state index contributed by atoms with van der Waals surface area (Å²) in [6, 6.07) is 0.753. The average Bonchev–Trinajstić information content (AvgIpc) is 2.19. The zero-order valence-corrected chi connectivity index (χ0v) is 8.89. The van der Waals surface area contributed by atoms with Gasteiger partial charge in [-0.05, 0) is 6.07 Å². The van der Waals surface area contributed by atoms with E-state index in [1.165, 1.54) is 0 Å². The zero-order chi connectivity index (χ0) is 12.3. The predicted molar refractivity (Wildman–Crippen MR) is 50.0 cm³/mol. The van der Waals surface area contributed by atoms with Gasteiger partial charge in [0.1, 0.15) is 0 Å². The van der Waals surface area contributed by atoms with Crippen molar-refractivity contribution in [2.45, 2.75) is 12.6 Å². The Balaban J connectivity index is 3.09. The van der Waals surface area contributed by atoms with Crippen LogP contribution in [0, 0.1) is 0 Å². The fourth-order valence-electron chi connectivity index (χ4n) is 1.04. The average molecular weight is 254 g/mol. The Morgan fingerprint density at radius 1 is 1.56 bits per heavy atom. The molecule has 0 saturated carbocycles. The van der Waals surface area contributed by atoms with Crippen molar-refractivity contribution in [1.82, 2.24) is 4.98 Å². The maximum absolute atomic E-state index is 12.4. The summed E-state index contributed by atoms with van der Waals surface area (Å²) in [5.74, 6) is -0.700. The summed E-state index contributed by atoms with van der Waals surface area (Å²) in [4.78, 5) is 14.5. The van der Waals surface area contributed by atoms with Crippen LogP contribution in [0.15, 0.2) is 12.3 Å². The van der Waals surface area contributed by atoms with Crippen molar-refractivity contribution in [2.75, 3.05) is 7.11 Å². The van der Waals surface area contributed by atoms with Crippen LogP contribution in [0.4, 0.5) is 13.2 Å². The molecule has 1 heterocycles. The van der Waals surface area contributed by atoms with Gasteiger partial charge in [0.2, 0.25) is 0 Å². The Morgan fingerprint density at radius 2 is 2.19 bits per heavy atom. The SMILES string of the molecule is COC(=O)Cc1nccc(C(F)(F)F)c1Cl. The van der Waals surface area contributed by atoms with E-state index in [0.717, 1.165) is 19.4 Å². The number of pyridine rings is 1. The monoisotopic (exact) mass is 253 g/mol. The minimum absolute atomic E-state index is 0.150. The molecule has 0 bridgehead atoms. The number of alkyl halides is 3. The van der Waals surface area contributed by atoms with Crippen LogP contribution in [-0.2, 0) is 22.1 Å². The maximum Gasteiger partial charge on any atom is 0.417 e. The van der Waals surface area contributed by atoms with Gasteiger partial charge in [0.15, 0.2) is 0 Å². The van der Waals surface area contributed by atoms with Crippen LogP contribution in [0.2, 0.25) is 5.02 Å². The lowest BCUT2D eigenvalue weighted by Gasteiger charge is -2.10. The fraction of sp³-hybridized carbons (Fsp3) is 0.333. The molecule has 1 rings (SSSR count). The summed E-state index contributed by atoms with van der Waals surface area (Å²) in [6.45, 7) is 0. The fourth-order valence-corrected chi connectivity index (χ4v) is 1.32. The van der Waals surface area contributed by atoms with Crippen molar-refractivity contribution in [2.24, 2.45) is 0 Å². The molecule has 0 fully saturated rings. The number of hydrogen-bond donors (Lipinski definition) is 0. The van der Waals surface area contributed by atoms with E-state index in [1.54, 1.807) is 0 Å². The summed E-state index contributed by atoms with van der Waals surface area (Å²) in [7, 11) is 1.13. The van der Waals surface area contributed by atoms with Crippen molar-refractivity contribution in [3.63, 3.8) is 0 Å². The zero-order valence-electron chi connectivity index (χ0n) is 8.14. The normalized spacial score (nSPS) is 11.3. The lowest BCUT2D eigenvalue weighted by Crippen LogP contribution is -2.11. The number of halogens is 4. The third kappa shape index (κ3) is 2.85. The molecule has 0 saturated heterocycles. The second-order valence-electron chi connectivity index (χ2n) is 2.87. The van der Waals surface area contributed by atoms with Gasteiger partial charge in [-0.1, -0.05) is 11.6 Å². The highest BCUT2D eigenvalue weighted by Gasteiger charge is 2.34. The summed E-state index contributed by atoms with van der Waals surface area (Å²) in [5, 5.41) is -0.569. The first-order valence-corrected chi connectivity index (χ1v) is 4.51. The van der Waals surface area contributed by atoms with Gasteiger partial charge in [-0.15, -0.1) is 0 Å². The van der Waals surface area contributed by atoms with Gasteiger partial charge >= 0.3 is 12.1 Å².